The van der Waals surface area contributed by atoms with E-state index in [-0.39, 0.29) is 28.7 Å². The molecule has 1 aromatic rings. The van der Waals surface area contributed by atoms with Gasteiger partial charge in [0.1, 0.15) is 10.4 Å². The molecule has 5 atom stereocenters. The van der Waals surface area contributed by atoms with Crippen LogP contribution in [0.25, 0.3) is 5.57 Å². The summed E-state index contributed by atoms with van der Waals surface area (Å²) in [4.78, 5) is 45.1. The number of aryl methyl sites for hydroxylation is 1. The molecule has 0 fully saturated rings. The summed E-state index contributed by atoms with van der Waals surface area (Å²) in [5.41, 5.74) is 7.76. The number of rotatable bonds is 9. The smallest absolute Gasteiger partial charge is 0.271 e. The summed E-state index contributed by atoms with van der Waals surface area (Å²) in [5.74, 6) is 1.28. The Hall–Kier alpha value is -2.10. The van der Waals surface area contributed by atoms with Crippen LogP contribution in [0.5, 0.6) is 0 Å². The van der Waals surface area contributed by atoms with Crippen LogP contribution in [-0.2, 0) is 20.8 Å². The minimum Gasteiger partial charge on any atom is -0.355 e. The fraction of sp³-hybridized carbons (Fsp3) is 0.583. The molecule has 1 N–H and O–H groups in total. The number of carbonyl (C=O) groups excluding carboxylic acids is 3. The van der Waals surface area contributed by atoms with E-state index < -0.39 is 11.7 Å². The lowest BCUT2D eigenvalue weighted by Gasteiger charge is -2.56. The van der Waals surface area contributed by atoms with Crippen LogP contribution in [0, 0.1) is 5.92 Å². The maximum absolute atomic E-state index is 14.8. The fourth-order valence-corrected chi connectivity index (χ4v) is 11.6. The van der Waals surface area contributed by atoms with Gasteiger partial charge in [0.15, 0.2) is 6.17 Å². The quantitative estimate of drug-likeness (QED) is 0.160. The molecular formula is C36H51N3O3S3. The largest absolute Gasteiger partial charge is 0.355 e. The third-order valence-electron chi connectivity index (χ3n) is 10.3. The maximum atomic E-state index is 14.8. The first-order chi connectivity index (χ1) is 21.4. The van der Waals surface area contributed by atoms with Crippen molar-refractivity contribution in [2.24, 2.45) is 5.92 Å². The van der Waals surface area contributed by atoms with E-state index in [4.69, 9.17) is 0 Å². The molecule has 5 unspecified atom stereocenters. The molecular weight excluding hydrogens is 619 g/mol. The van der Waals surface area contributed by atoms with Gasteiger partial charge in [-0.3, -0.25) is 14.5 Å². The molecule has 3 aliphatic heterocycles. The molecule has 5 rings (SSSR count). The number of benzene rings is 1. The number of carbonyl (C=O) groups is 3. The molecule has 0 radical (unpaired) electrons. The summed E-state index contributed by atoms with van der Waals surface area (Å²) in [6.07, 6.45) is 7.15. The van der Waals surface area contributed by atoms with Crippen molar-refractivity contribution in [3.05, 3.63) is 50.8 Å². The standard InChI is InChI=1S/C34H45N3O3S3.C2H6/c1-10-17-42-34(41-9)21(5)22(6)43-30-27(34)24-18-23-15-14-19(3)20(4)26(23)28-29(24)37(33(30,7)11-2)32(40)31(35-28)36(8)25(39)13-12-16-38;1-2/h10,16,18-20,31,35H,1,11-15,17H2,2-9H3;1-2H3. The van der Waals surface area contributed by atoms with E-state index in [0.29, 0.717) is 11.8 Å². The number of fused-ring (bicyclic) bond motifs is 3. The Morgan fingerprint density at radius 3 is 2.58 bits per heavy atom. The van der Waals surface area contributed by atoms with Gasteiger partial charge < -0.3 is 15.0 Å². The van der Waals surface area contributed by atoms with Crippen LogP contribution in [0.3, 0.4) is 0 Å². The monoisotopic (exact) mass is 669 g/mol. The van der Waals surface area contributed by atoms with Crippen LogP contribution < -0.4 is 10.2 Å². The third-order valence-corrected chi connectivity index (χ3v) is 15.0. The minimum atomic E-state index is -0.851. The van der Waals surface area contributed by atoms with Gasteiger partial charge in [0.25, 0.3) is 5.91 Å². The summed E-state index contributed by atoms with van der Waals surface area (Å²) >= 11 is 5.61. The van der Waals surface area contributed by atoms with E-state index in [9.17, 15) is 14.4 Å². The number of amides is 2. The Morgan fingerprint density at radius 2 is 1.98 bits per heavy atom. The Labute approximate surface area is 283 Å². The van der Waals surface area contributed by atoms with Gasteiger partial charge >= 0.3 is 0 Å². The number of aldehydes is 1. The van der Waals surface area contributed by atoms with Crippen molar-refractivity contribution in [2.75, 3.05) is 29.3 Å². The van der Waals surface area contributed by atoms with E-state index in [0.717, 1.165) is 48.2 Å². The van der Waals surface area contributed by atoms with Crippen molar-refractivity contribution < 1.29 is 14.4 Å². The summed E-state index contributed by atoms with van der Waals surface area (Å²) in [6.45, 7) is 21.5. The van der Waals surface area contributed by atoms with E-state index in [1.807, 2.05) is 60.1 Å². The molecule has 4 aliphatic rings. The average Bonchev–Trinajstić information content (AvgIpc) is 3.05. The first kappa shape index (κ1) is 35.7. The number of nitrogens with zero attached hydrogens (tertiary/aromatic N) is 2. The maximum Gasteiger partial charge on any atom is 0.271 e. The molecule has 0 spiro atoms. The predicted molar refractivity (Wildman–Crippen MR) is 197 cm³/mol. The lowest BCUT2D eigenvalue weighted by molar-refractivity contribution is -0.137. The molecule has 0 bridgehead atoms. The summed E-state index contributed by atoms with van der Waals surface area (Å²) < 4.78 is -0.321. The lowest BCUT2D eigenvalue weighted by Crippen LogP contribution is -2.64. The van der Waals surface area contributed by atoms with Crippen LogP contribution in [-0.4, -0.2) is 57.8 Å². The molecule has 246 valence electrons. The van der Waals surface area contributed by atoms with Gasteiger partial charge in [-0.15, -0.1) is 30.1 Å². The van der Waals surface area contributed by atoms with Crippen molar-refractivity contribution in [1.82, 2.24) is 4.90 Å². The zero-order valence-electron chi connectivity index (χ0n) is 28.8. The van der Waals surface area contributed by atoms with Gasteiger partial charge in [-0.1, -0.05) is 52.5 Å². The number of allylic oxidation sites excluding steroid dienone is 1. The highest BCUT2D eigenvalue weighted by atomic mass is 32.2. The molecule has 0 saturated carbocycles. The normalized spacial score (nSPS) is 28.3. The van der Waals surface area contributed by atoms with E-state index in [1.54, 1.807) is 7.05 Å². The fourth-order valence-electron chi connectivity index (χ4n) is 7.26. The summed E-state index contributed by atoms with van der Waals surface area (Å²) in [6, 6.07) is 2.40. The third kappa shape index (κ3) is 5.52. The predicted octanol–water partition coefficient (Wildman–Crippen LogP) is 8.83. The zero-order valence-corrected chi connectivity index (χ0v) is 31.2. The Balaban J connectivity index is 0.00000226. The molecule has 0 aromatic heterocycles. The van der Waals surface area contributed by atoms with Gasteiger partial charge in [0.2, 0.25) is 5.91 Å². The molecule has 6 nitrogen and oxygen atoms in total. The number of nitrogens with one attached hydrogen (secondary N) is 1. The van der Waals surface area contributed by atoms with Crippen molar-refractivity contribution in [1.29, 1.82) is 0 Å². The van der Waals surface area contributed by atoms with Crippen molar-refractivity contribution >= 4 is 70.3 Å². The van der Waals surface area contributed by atoms with E-state index >= 15 is 0 Å². The Morgan fingerprint density at radius 1 is 1.29 bits per heavy atom. The zero-order chi connectivity index (χ0) is 33.4. The SMILES string of the molecule is C=CCSC1(SC)C(C)=C(C)SC2=C1c1cc3c(c4c1N(C(=O)C(N(C)C(=O)CCC=O)N4)C2(C)CC)C(C)C(C)CC3.CC. The second-order valence-electron chi connectivity index (χ2n) is 12.5. The molecule has 1 aromatic carbocycles. The van der Waals surface area contributed by atoms with E-state index in [1.165, 1.54) is 37.0 Å². The highest BCUT2D eigenvalue weighted by Gasteiger charge is 2.57. The topological polar surface area (TPSA) is 69.7 Å². The minimum absolute atomic E-state index is 0.0835. The van der Waals surface area contributed by atoms with Crippen molar-refractivity contribution in [3.8, 4) is 0 Å². The molecule has 45 heavy (non-hydrogen) atoms. The highest BCUT2D eigenvalue weighted by Crippen LogP contribution is 2.67. The molecule has 1 aliphatic carbocycles. The number of hydrogen-bond acceptors (Lipinski definition) is 7. The number of likely N-dealkylation sites (N-methyl/N-ethyl adjacent to an activating group) is 1. The number of anilines is 2. The summed E-state index contributed by atoms with van der Waals surface area (Å²) in [7, 11) is 1.68. The first-order valence-electron chi connectivity index (χ1n) is 16.3. The number of thioether (sulfide) groups is 3. The molecule has 9 heteroatoms. The Bertz CT molecular complexity index is 1450. The van der Waals surface area contributed by atoms with Gasteiger partial charge in [0.05, 0.1) is 16.9 Å². The second kappa shape index (κ2) is 13.9. The Kier molecular flexibility index (Phi) is 11.1. The van der Waals surface area contributed by atoms with Crippen LogP contribution in [0.15, 0.2) is 34.1 Å². The van der Waals surface area contributed by atoms with Gasteiger partial charge in [-0.05, 0) is 85.8 Å². The second-order valence-corrected chi connectivity index (χ2v) is 16.2. The van der Waals surface area contributed by atoms with E-state index in [2.05, 4.69) is 65.8 Å². The molecule has 0 saturated heterocycles. The highest BCUT2D eigenvalue weighted by molar-refractivity contribution is 8.19. The summed E-state index contributed by atoms with van der Waals surface area (Å²) in [5, 5.41) is 3.64. The van der Waals surface area contributed by atoms with Crippen LogP contribution in [0.2, 0.25) is 0 Å². The first-order valence-corrected chi connectivity index (χ1v) is 19.4. The average molecular weight is 670 g/mol. The van der Waals surface area contributed by atoms with Crippen LogP contribution in [0.1, 0.15) is 104 Å². The van der Waals surface area contributed by atoms with Crippen molar-refractivity contribution in [2.45, 2.75) is 109 Å². The van der Waals surface area contributed by atoms with Crippen LogP contribution in [0.4, 0.5) is 11.4 Å². The van der Waals surface area contributed by atoms with Gasteiger partial charge in [-0.25, -0.2) is 0 Å². The van der Waals surface area contributed by atoms with Crippen LogP contribution >= 0.6 is 35.3 Å². The van der Waals surface area contributed by atoms with Gasteiger partial charge in [-0.2, -0.15) is 0 Å². The number of hydrogen-bond donors (Lipinski definition) is 1. The van der Waals surface area contributed by atoms with Gasteiger partial charge in [0, 0.05) is 41.7 Å². The molecule has 3 heterocycles. The molecule has 2 amide bonds. The van der Waals surface area contributed by atoms with Crippen molar-refractivity contribution in [3.63, 3.8) is 0 Å². The lowest BCUT2D eigenvalue weighted by atomic mass is 9.72.